The van der Waals surface area contributed by atoms with Crippen LogP contribution in [-0.2, 0) is 17.8 Å². The van der Waals surface area contributed by atoms with Gasteiger partial charge in [-0.3, -0.25) is 0 Å². The van der Waals surface area contributed by atoms with Crippen LogP contribution in [0.2, 0.25) is 0 Å². The molecule has 1 aliphatic heterocycles. The molecule has 2 atom stereocenters. The third-order valence-corrected chi connectivity index (χ3v) is 5.49. The number of benzene rings is 2. The highest BCUT2D eigenvalue weighted by molar-refractivity contribution is 6.50. The van der Waals surface area contributed by atoms with Crippen molar-refractivity contribution in [3.05, 3.63) is 76.4 Å². The smallest absolute Gasteiger partial charge is 0.418 e. The van der Waals surface area contributed by atoms with Gasteiger partial charge in [0.05, 0.1) is 0 Å². The van der Waals surface area contributed by atoms with E-state index in [-0.39, 0.29) is 12.1 Å². The van der Waals surface area contributed by atoms with Crippen LogP contribution in [0.5, 0.6) is 0 Å². The lowest BCUT2D eigenvalue weighted by Gasteiger charge is -2.22. The Labute approximate surface area is 172 Å². The maximum Gasteiger partial charge on any atom is 0.673 e. The average molecular weight is 419 g/mol. The predicted molar refractivity (Wildman–Crippen MR) is 105 cm³/mol. The van der Waals surface area contributed by atoms with Crippen LogP contribution in [-0.4, -0.2) is 23.0 Å². The molecular formula is C21H22BF4N3O. The minimum atomic E-state index is -6.00. The molecule has 9 heteroatoms. The normalized spacial score (nSPS) is 19.4. The first kappa shape index (κ1) is 20.6. The Hall–Kier alpha value is -2.68. The lowest BCUT2D eigenvalue weighted by molar-refractivity contribution is -0.658. The number of rotatable bonds is 1. The molecule has 0 fully saturated rings. The van der Waals surface area contributed by atoms with Crippen molar-refractivity contribution in [3.63, 3.8) is 0 Å². The zero-order valence-electron chi connectivity index (χ0n) is 16.9. The predicted octanol–water partition coefficient (Wildman–Crippen LogP) is 4.43. The number of fused-ring (bicyclic) bond motifs is 5. The maximum absolute atomic E-state index is 9.75. The molecule has 0 bridgehead atoms. The summed E-state index contributed by atoms with van der Waals surface area (Å²) in [5, 5.41) is 4.86. The highest BCUT2D eigenvalue weighted by Gasteiger charge is 2.43. The third-order valence-electron chi connectivity index (χ3n) is 5.49. The van der Waals surface area contributed by atoms with Crippen LogP contribution in [0.3, 0.4) is 0 Å². The molecule has 0 amide bonds. The van der Waals surface area contributed by atoms with Gasteiger partial charge in [-0.1, -0.05) is 46.6 Å². The fourth-order valence-corrected chi connectivity index (χ4v) is 4.56. The first-order chi connectivity index (χ1) is 14.1. The molecule has 2 aliphatic rings. The fourth-order valence-electron chi connectivity index (χ4n) is 4.56. The summed E-state index contributed by atoms with van der Waals surface area (Å²) in [6.45, 7) is 7.03. The molecule has 2 unspecified atom stereocenters. The molecule has 2 heterocycles. The summed E-state index contributed by atoms with van der Waals surface area (Å²) in [6, 6.07) is 13.4. The van der Waals surface area contributed by atoms with Gasteiger partial charge in [0.25, 0.3) is 12.2 Å². The number of hydrogen-bond donors (Lipinski definition) is 0. The molecule has 1 aliphatic carbocycles. The van der Waals surface area contributed by atoms with Crippen molar-refractivity contribution in [2.75, 3.05) is 0 Å². The highest BCUT2D eigenvalue weighted by atomic mass is 19.5. The molecule has 1 aromatic heterocycles. The summed E-state index contributed by atoms with van der Waals surface area (Å²) in [5.74, 6) is 0.998. The van der Waals surface area contributed by atoms with E-state index in [2.05, 4.69) is 68.1 Å². The van der Waals surface area contributed by atoms with Gasteiger partial charge < -0.3 is 22.0 Å². The SMILES string of the molecule is Cc1cc(C)c(-[n+]2cn3c(n2)COC2Cc4ccccc4C23)c(C)c1.F[B-](F)(F)F. The summed E-state index contributed by atoms with van der Waals surface area (Å²) in [4.78, 5) is 0. The van der Waals surface area contributed by atoms with Crippen molar-refractivity contribution < 1.29 is 26.7 Å². The Bertz CT molecular complexity index is 1070. The Balaban J connectivity index is 0.000000393. The topological polar surface area (TPSA) is 30.9 Å². The molecule has 5 rings (SSSR count). The number of nitrogens with zero attached hydrogens (tertiary/aromatic N) is 3. The second-order valence-corrected chi connectivity index (χ2v) is 7.82. The molecule has 0 spiro atoms. The lowest BCUT2D eigenvalue weighted by Crippen LogP contribution is -2.34. The number of aryl methyl sites for hydroxylation is 3. The van der Waals surface area contributed by atoms with Crippen LogP contribution in [0.1, 0.15) is 39.7 Å². The van der Waals surface area contributed by atoms with Crippen LogP contribution < -0.4 is 4.68 Å². The minimum absolute atomic E-state index is 0.216. The van der Waals surface area contributed by atoms with Crippen molar-refractivity contribution in [2.45, 2.75) is 45.9 Å². The molecule has 0 saturated carbocycles. The standard InChI is InChI=1S/C21H22N3O.BF4/c1-13-8-14(2)20(15(3)9-13)24-12-23-19(22-24)11-25-18-10-16-6-4-5-7-17(16)21(18)23;2-1(3,4)5/h4-9,12,18,21H,10-11H2,1-3H3;/q+1;-1. The third kappa shape index (κ3) is 3.98. The number of halogens is 4. The highest BCUT2D eigenvalue weighted by Crippen LogP contribution is 2.39. The largest absolute Gasteiger partial charge is 0.673 e. The second-order valence-electron chi connectivity index (χ2n) is 7.82. The maximum atomic E-state index is 9.75. The zero-order valence-corrected chi connectivity index (χ0v) is 16.9. The first-order valence-corrected chi connectivity index (χ1v) is 9.76. The number of aromatic nitrogens is 3. The van der Waals surface area contributed by atoms with Crippen LogP contribution >= 0.6 is 0 Å². The van der Waals surface area contributed by atoms with E-state index in [1.807, 2.05) is 4.68 Å². The molecule has 3 aromatic rings. The summed E-state index contributed by atoms with van der Waals surface area (Å²) in [6.07, 6.45) is 3.36. The molecule has 0 N–H and O–H groups in total. The second kappa shape index (κ2) is 7.54. The Morgan fingerprint density at radius 1 is 1.07 bits per heavy atom. The zero-order chi connectivity index (χ0) is 21.6. The van der Waals surface area contributed by atoms with E-state index in [0.717, 1.165) is 12.2 Å². The van der Waals surface area contributed by atoms with Crippen LogP contribution in [0.25, 0.3) is 5.69 Å². The number of hydrogen-bond acceptors (Lipinski definition) is 2. The van der Waals surface area contributed by atoms with Crippen LogP contribution in [0.4, 0.5) is 17.3 Å². The monoisotopic (exact) mass is 419 g/mol. The van der Waals surface area contributed by atoms with Gasteiger partial charge in [-0.05, 0) is 42.6 Å². The van der Waals surface area contributed by atoms with Gasteiger partial charge in [-0.25, -0.2) is 4.57 Å². The van der Waals surface area contributed by atoms with Crippen molar-refractivity contribution in [2.24, 2.45) is 0 Å². The summed E-state index contributed by atoms with van der Waals surface area (Å²) in [7, 11) is -6.00. The molecule has 4 nitrogen and oxygen atoms in total. The minimum Gasteiger partial charge on any atom is -0.418 e. The number of ether oxygens (including phenoxy) is 1. The van der Waals surface area contributed by atoms with Crippen molar-refractivity contribution in [1.29, 1.82) is 0 Å². The van der Waals surface area contributed by atoms with E-state index in [1.54, 1.807) is 0 Å². The summed E-state index contributed by atoms with van der Waals surface area (Å²) < 4.78 is 49.5. The molecule has 30 heavy (non-hydrogen) atoms. The molecule has 0 saturated heterocycles. The quantitative estimate of drug-likeness (QED) is 0.332. The molecular weight excluding hydrogens is 397 g/mol. The van der Waals surface area contributed by atoms with Gasteiger partial charge in [0.1, 0.15) is 12.7 Å². The van der Waals surface area contributed by atoms with Crippen molar-refractivity contribution in [3.8, 4) is 5.69 Å². The lowest BCUT2D eigenvalue weighted by atomic mass is 10.1. The molecule has 158 valence electrons. The van der Waals surface area contributed by atoms with E-state index in [1.165, 1.54) is 33.5 Å². The van der Waals surface area contributed by atoms with Gasteiger partial charge in [-0.15, -0.1) is 0 Å². The van der Waals surface area contributed by atoms with Gasteiger partial charge in [0.15, 0.2) is 11.7 Å². The van der Waals surface area contributed by atoms with Gasteiger partial charge in [-0.2, -0.15) is 0 Å². The van der Waals surface area contributed by atoms with E-state index >= 15 is 0 Å². The van der Waals surface area contributed by atoms with Crippen molar-refractivity contribution in [1.82, 2.24) is 9.67 Å². The van der Waals surface area contributed by atoms with Crippen LogP contribution in [0, 0.1) is 20.8 Å². The molecule has 0 radical (unpaired) electrons. The van der Waals surface area contributed by atoms with E-state index in [9.17, 15) is 17.3 Å². The van der Waals surface area contributed by atoms with Gasteiger partial charge >= 0.3 is 7.25 Å². The first-order valence-electron chi connectivity index (χ1n) is 9.76. The van der Waals surface area contributed by atoms with Crippen molar-refractivity contribution >= 4 is 7.25 Å². The Morgan fingerprint density at radius 3 is 2.37 bits per heavy atom. The van der Waals surface area contributed by atoms with Gasteiger partial charge in [0.2, 0.25) is 0 Å². The Morgan fingerprint density at radius 2 is 1.70 bits per heavy atom. The summed E-state index contributed by atoms with van der Waals surface area (Å²) in [5.41, 5.74) is 7.74. The Kier molecular flexibility index (Phi) is 5.17. The van der Waals surface area contributed by atoms with E-state index in [4.69, 9.17) is 9.84 Å². The molecule has 2 aromatic carbocycles. The van der Waals surface area contributed by atoms with Crippen LogP contribution in [0.15, 0.2) is 42.7 Å². The van der Waals surface area contributed by atoms with Gasteiger partial charge in [0, 0.05) is 12.0 Å². The van der Waals surface area contributed by atoms with E-state index in [0.29, 0.717) is 6.61 Å². The fraction of sp³-hybridized carbons (Fsp3) is 0.333. The van der Waals surface area contributed by atoms with E-state index < -0.39 is 7.25 Å². The summed E-state index contributed by atoms with van der Waals surface area (Å²) >= 11 is 0. The average Bonchev–Trinajstić information content (AvgIpc) is 3.19.